The number of furan rings is 1. The van der Waals surface area contributed by atoms with Crippen LogP contribution in [0.2, 0.25) is 0 Å². The van der Waals surface area contributed by atoms with Gasteiger partial charge in [0.2, 0.25) is 0 Å². The summed E-state index contributed by atoms with van der Waals surface area (Å²) in [7, 11) is 3.85. The van der Waals surface area contributed by atoms with Crippen molar-refractivity contribution in [3.05, 3.63) is 77.7 Å². The molecule has 140 valence electrons. The smallest absolute Gasteiger partial charge is 0.134 e. The van der Waals surface area contributed by atoms with E-state index in [1.807, 2.05) is 30.3 Å². The molecule has 4 aromatic rings. The van der Waals surface area contributed by atoms with Crippen LogP contribution in [0.4, 0.5) is 0 Å². The van der Waals surface area contributed by atoms with Crippen molar-refractivity contribution in [3.63, 3.8) is 0 Å². The van der Waals surface area contributed by atoms with E-state index in [2.05, 4.69) is 46.4 Å². The summed E-state index contributed by atoms with van der Waals surface area (Å²) >= 11 is 0. The van der Waals surface area contributed by atoms with Gasteiger partial charge >= 0.3 is 0 Å². The molecule has 5 nitrogen and oxygen atoms in total. The average Bonchev–Trinajstić information content (AvgIpc) is 3.17. The number of ether oxygens (including phenoxy) is 1. The highest BCUT2D eigenvalue weighted by Crippen LogP contribution is 2.42. The Morgan fingerprint density at radius 3 is 2.79 bits per heavy atom. The van der Waals surface area contributed by atoms with Crippen molar-refractivity contribution >= 4 is 11.0 Å². The molecule has 0 bridgehead atoms. The minimum atomic E-state index is 0.158. The first-order valence-electron chi connectivity index (χ1n) is 9.39. The summed E-state index contributed by atoms with van der Waals surface area (Å²) in [4.78, 5) is 2.31. The van der Waals surface area contributed by atoms with Crippen molar-refractivity contribution in [3.8, 4) is 17.0 Å². The monoisotopic (exact) mass is 371 g/mol. The van der Waals surface area contributed by atoms with Gasteiger partial charge in [0.05, 0.1) is 18.7 Å². The number of hydrogen-bond donors (Lipinski definition) is 0. The second-order valence-corrected chi connectivity index (χ2v) is 7.26. The number of nitrogens with zero attached hydrogens (tertiary/aromatic N) is 3. The Bertz CT molecular complexity index is 1100. The summed E-state index contributed by atoms with van der Waals surface area (Å²) in [5, 5.41) is 9.42. The van der Waals surface area contributed by atoms with Crippen molar-refractivity contribution in [1.82, 2.24) is 15.1 Å². The molecule has 5 rings (SSSR count). The Labute approximate surface area is 163 Å². The highest BCUT2D eigenvalue weighted by atomic mass is 16.5. The predicted octanol–water partition coefficient (Wildman–Crippen LogP) is 4.48. The summed E-state index contributed by atoms with van der Waals surface area (Å²) in [5.74, 6) is 2.01. The van der Waals surface area contributed by atoms with Gasteiger partial charge in [0.15, 0.2) is 0 Å². The quantitative estimate of drug-likeness (QED) is 0.532. The molecule has 3 heterocycles. The zero-order chi connectivity index (χ0) is 19.1. The molecule has 0 saturated heterocycles. The fourth-order valence-electron chi connectivity index (χ4n) is 4.17. The molecule has 0 spiro atoms. The van der Waals surface area contributed by atoms with Gasteiger partial charge in [-0.2, -0.15) is 10.2 Å². The Morgan fingerprint density at radius 2 is 2.00 bits per heavy atom. The molecule has 28 heavy (non-hydrogen) atoms. The average molecular weight is 371 g/mol. The first-order chi connectivity index (χ1) is 13.7. The lowest BCUT2D eigenvalue weighted by molar-refractivity contribution is 0.275. The van der Waals surface area contributed by atoms with Crippen LogP contribution in [0.3, 0.4) is 0 Å². The molecule has 0 amide bonds. The number of para-hydroxylation sites is 1. The molecule has 0 fully saturated rings. The maximum absolute atomic E-state index is 6.21. The molecule has 0 aliphatic carbocycles. The van der Waals surface area contributed by atoms with Crippen LogP contribution in [-0.2, 0) is 6.54 Å². The summed E-state index contributed by atoms with van der Waals surface area (Å²) in [6.45, 7) is 1.73. The highest BCUT2D eigenvalue weighted by Gasteiger charge is 2.31. The molecular formula is C23H21N3O2. The zero-order valence-corrected chi connectivity index (χ0v) is 15.9. The molecule has 5 heteroatoms. The van der Waals surface area contributed by atoms with Gasteiger partial charge in [-0.1, -0.05) is 24.3 Å². The normalized spacial score (nSPS) is 16.9. The maximum Gasteiger partial charge on any atom is 0.134 e. The third-order valence-electron chi connectivity index (χ3n) is 5.43. The molecule has 1 atom stereocenters. The number of likely N-dealkylation sites (N-methyl/N-ethyl adjacent to an activating group) is 1. The molecule has 0 radical (unpaired) electrons. The van der Waals surface area contributed by atoms with E-state index in [-0.39, 0.29) is 5.92 Å². The van der Waals surface area contributed by atoms with E-state index >= 15 is 0 Å². The summed E-state index contributed by atoms with van der Waals surface area (Å²) < 4.78 is 12.1. The van der Waals surface area contributed by atoms with Gasteiger partial charge in [-0.25, -0.2) is 0 Å². The van der Waals surface area contributed by atoms with E-state index in [0.29, 0.717) is 0 Å². The molecule has 0 saturated carbocycles. The van der Waals surface area contributed by atoms with Gasteiger partial charge in [0, 0.05) is 35.8 Å². The van der Waals surface area contributed by atoms with E-state index in [0.717, 1.165) is 46.8 Å². The second-order valence-electron chi connectivity index (χ2n) is 7.26. The van der Waals surface area contributed by atoms with Gasteiger partial charge in [-0.15, -0.1) is 0 Å². The van der Waals surface area contributed by atoms with Crippen LogP contribution in [0, 0.1) is 0 Å². The summed E-state index contributed by atoms with van der Waals surface area (Å²) in [5.41, 5.74) is 5.14. The van der Waals surface area contributed by atoms with E-state index in [9.17, 15) is 0 Å². The number of rotatable bonds is 3. The lowest BCUT2D eigenvalue weighted by atomic mass is 9.86. The van der Waals surface area contributed by atoms with Gasteiger partial charge in [0.25, 0.3) is 0 Å². The standard InChI is InChI=1S/C23H21N3O2/c1-26-13-18(22-12-15-6-3-4-8-21(15)28-22)16-9-10-17(20-7-5-11-24-25-20)23(27-2)19(16)14-26/h3-12,18H,13-14H2,1-2H3. The van der Waals surface area contributed by atoms with Gasteiger partial charge in [0.1, 0.15) is 17.1 Å². The van der Waals surface area contributed by atoms with Gasteiger partial charge in [-0.05, 0) is 42.9 Å². The number of hydrogen-bond acceptors (Lipinski definition) is 5. The van der Waals surface area contributed by atoms with Crippen molar-refractivity contribution in [2.45, 2.75) is 12.5 Å². The zero-order valence-electron chi connectivity index (χ0n) is 15.9. The van der Waals surface area contributed by atoms with Crippen LogP contribution in [0.5, 0.6) is 5.75 Å². The maximum atomic E-state index is 6.21. The molecule has 2 aromatic heterocycles. The fourth-order valence-corrected chi connectivity index (χ4v) is 4.17. The molecule has 1 aliphatic rings. The van der Waals surface area contributed by atoms with Crippen molar-refractivity contribution in [2.24, 2.45) is 0 Å². The van der Waals surface area contributed by atoms with Crippen LogP contribution >= 0.6 is 0 Å². The molecular weight excluding hydrogens is 350 g/mol. The fraction of sp³-hybridized carbons (Fsp3) is 0.217. The van der Waals surface area contributed by atoms with E-state index in [1.54, 1.807) is 13.3 Å². The minimum absolute atomic E-state index is 0.158. The third-order valence-corrected chi connectivity index (χ3v) is 5.43. The Kier molecular flexibility index (Phi) is 4.10. The van der Waals surface area contributed by atoms with E-state index in [4.69, 9.17) is 9.15 Å². The highest BCUT2D eigenvalue weighted by molar-refractivity contribution is 5.78. The number of aromatic nitrogens is 2. The van der Waals surface area contributed by atoms with Crippen molar-refractivity contribution in [1.29, 1.82) is 0 Å². The van der Waals surface area contributed by atoms with Crippen LogP contribution < -0.4 is 4.74 Å². The number of methoxy groups -OCH3 is 1. The Balaban J connectivity index is 1.66. The first-order valence-corrected chi connectivity index (χ1v) is 9.39. The second kappa shape index (κ2) is 6.77. The minimum Gasteiger partial charge on any atom is -0.496 e. The van der Waals surface area contributed by atoms with E-state index < -0.39 is 0 Å². The van der Waals surface area contributed by atoms with Gasteiger partial charge < -0.3 is 14.1 Å². The third kappa shape index (κ3) is 2.75. The molecule has 1 aliphatic heterocycles. The Morgan fingerprint density at radius 1 is 1.11 bits per heavy atom. The van der Waals surface area contributed by atoms with Crippen molar-refractivity contribution in [2.75, 3.05) is 20.7 Å². The van der Waals surface area contributed by atoms with Crippen LogP contribution in [0.15, 0.2) is 65.2 Å². The topological polar surface area (TPSA) is 51.4 Å². The van der Waals surface area contributed by atoms with Crippen LogP contribution in [0.1, 0.15) is 22.8 Å². The lowest BCUT2D eigenvalue weighted by Crippen LogP contribution is -2.31. The summed E-state index contributed by atoms with van der Waals surface area (Å²) in [6.07, 6.45) is 1.68. The van der Waals surface area contributed by atoms with E-state index in [1.165, 1.54) is 11.1 Å². The largest absolute Gasteiger partial charge is 0.496 e. The lowest BCUT2D eigenvalue weighted by Gasteiger charge is -2.32. The first kappa shape index (κ1) is 17.0. The molecule has 0 N–H and O–H groups in total. The van der Waals surface area contributed by atoms with Crippen LogP contribution in [0.25, 0.3) is 22.2 Å². The Hall–Kier alpha value is -3.18. The number of fused-ring (bicyclic) bond motifs is 2. The molecule has 2 aromatic carbocycles. The molecule has 1 unspecified atom stereocenters. The van der Waals surface area contributed by atoms with Gasteiger partial charge in [-0.3, -0.25) is 0 Å². The number of benzene rings is 2. The summed E-state index contributed by atoms with van der Waals surface area (Å²) in [6, 6.07) is 18.4. The SMILES string of the molecule is COc1c(-c2cccnn2)ccc2c1CN(C)CC2c1cc2ccccc2o1. The van der Waals surface area contributed by atoms with Crippen molar-refractivity contribution < 1.29 is 9.15 Å². The predicted molar refractivity (Wildman–Crippen MR) is 108 cm³/mol. The van der Waals surface area contributed by atoms with Crippen LogP contribution in [-0.4, -0.2) is 35.8 Å².